The van der Waals surface area contributed by atoms with Gasteiger partial charge in [0, 0.05) is 12.4 Å². The van der Waals surface area contributed by atoms with E-state index < -0.39 is 9.84 Å². The SMILES string of the molecule is Cc1ccc(C)c(CS(=O)(=O)Cc2ccncc2)c1. The maximum absolute atomic E-state index is 12.2. The molecule has 0 saturated carbocycles. The van der Waals surface area contributed by atoms with Crippen molar-refractivity contribution in [1.82, 2.24) is 4.98 Å². The summed E-state index contributed by atoms with van der Waals surface area (Å²) in [6.45, 7) is 3.91. The molecule has 100 valence electrons. The summed E-state index contributed by atoms with van der Waals surface area (Å²) in [5.74, 6) is 0.145. The van der Waals surface area contributed by atoms with Crippen LogP contribution in [0, 0.1) is 13.8 Å². The lowest BCUT2D eigenvalue weighted by atomic mass is 10.1. The molecule has 1 heterocycles. The van der Waals surface area contributed by atoms with E-state index in [4.69, 9.17) is 0 Å². The van der Waals surface area contributed by atoms with Gasteiger partial charge in [0.25, 0.3) is 0 Å². The highest BCUT2D eigenvalue weighted by atomic mass is 32.2. The molecule has 0 N–H and O–H groups in total. The number of rotatable bonds is 4. The Morgan fingerprint density at radius 2 is 1.68 bits per heavy atom. The van der Waals surface area contributed by atoms with Gasteiger partial charge >= 0.3 is 0 Å². The fourth-order valence-electron chi connectivity index (χ4n) is 1.98. The van der Waals surface area contributed by atoms with Gasteiger partial charge in [-0.25, -0.2) is 8.42 Å². The van der Waals surface area contributed by atoms with Crippen molar-refractivity contribution in [2.45, 2.75) is 25.4 Å². The Bertz CT molecular complexity index is 664. The Balaban J connectivity index is 2.20. The van der Waals surface area contributed by atoms with Crippen molar-refractivity contribution in [3.63, 3.8) is 0 Å². The maximum Gasteiger partial charge on any atom is 0.158 e. The lowest BCUT2D eigenvalue weighted by molar-refractivity contribution is 0.594. The first-order valence-corrected chi connectivity index (χ1v) is 7.94. The molecule has 0 fully saturated rings. The van der Waals surface area contributed by atoms with Gasteiger partial charge in [-0.2, -0.15) is 0 Å². The third kappa shape index (κ3) is 3.89. The van der Waals surface area contributed by atoms with Gasteiger partial charge in [0.1, 0.15) is 0 Å². The molecule has 1 aromatic heterocycles. The molecule has 2 rings (SSSR count). The van der Waals surface area contributed by atoms with Gasteiger partial charge in [0.05, 0.1) is 11.5 Å². The Morgan fingerprint density at radius 1 is 1.00 bits per heavy atom. The van der Waals surface area contributed by atoms with Crippen molar-refractivity contribution in [1.29, 1.82) is 0 Å². The fraction of sp³-hybridized carbons (Fsp3) is 0.267. The van der Waals surface area contributed by atoms with Crippen molar-refractivity contribution < 1.29 is 8.42 Å². The second-order valence-corrected chi connectivity index (χ2v) is 6.88. The van der Waals surface area contributed by atoms with Crippen LogP contribution in [0.4, 0.5) is 0 Å². The first-order valence-electron chi connectivity index (χ1n) is 6.12. The molecule has 0 saturated heterocycles. The van der Waals surface area contributed by atoms with Crippen LogP contribution in [0.2, 0.25) is 0 Å². The van der Waals surface area contributed by atoms with Crippen molar-refractivity contribution in [2.24, 2.45) is 0 Å². The number of aromatic nitrogens is 1. The summed E-state index contributed by atoms with van der Waals surface area (Å²) < 4.78 is 24.4. The number of aryl methyl sites for hydroxylation is 2. The molecule has 0 amide bonds. The molecule has 3 nitrogen and oxygen atoms in total. The van der Waals surface area contributed by atoms with Crippen LogP contribution in [0.3, 0.4) is 0 Å². The van der Waals surface area contributed by atoms with Gasteiger partial charge in [0.2, 0.25) is 0 Å². The van der Waals surface area contributed by atoms with Crippen LogP contribution in [0.1, 0.15) is 22.3 Å². The molecule has 1 aromatic carbocycles. The van der Waals surface area contributed by atoms with Crippen LogP contribution < -0.4 is 0 Å². The lowest BCUT2D eigenvalue weighted by Crippen LogP contribution is -2.09. The standard InChI is InChI=1S/C15H17NO2S/c1-12-3-4-13(2)15(9-12)11-19(17,18)10-14-5-7-16-8-6-14/h3-9H,10-11H2,1-2H3. The minimum Gasteiger partial charge on any atom is -0.265 e. The summed E-state index contributed by atoms with van der Waals surface area (Å²) in [7, 11) is -3.15. The van der Waals surface area contributed by atoms with Crippen molar-refractivity contribution in [2.75, 3.05) is 0 Å². The predicted octanol–water partition coefficient (Wildman–Crippen LogP) is 2.81. The number of sulfone groups is 1. The topological polar surface area (TPSA) is 47.0 Å². The van der Waals surface area contributed by atoms with Crippen LogP contribution >= 0.6 is 0 Å². The zero-order valence-corrected chi connectivity index (χ0v) is 11.9. The van der Waals surface area contributed by atoms with Crippen LogP contribution in [-0.4, -0.2) is 13.4 Å². The Kier molecular flexibility index (Phi) is 4.00. The normalized spacial score (nSPS) is 11.5. The molecule has 0 bridgehead atoms. The van der Waals surface area contributed by atoms with Crippen molar-refractivity contribution >= 4 is 9.84 Å². The monoisotopic (exact) mass is 275 g/mol. The summed E-state index contributed by atoms with van der Waals surface area (Å²) in [6, 6.07) is 9.38. The zero-order valence-electron chi connectivity index (χ0n) is 11.1. The van der Waals surface area contributed by atoms with Gasteiger partial charge in [-0.3, -0.25) is 4.98 Å². The summed E-state index contributed by atoms with van der Waals surface area (Å²) in [5.41, 5.74) is 3.76. The first-order chi connectivity index (χ1) is 8.96. The highest BCUT2D eigenvalue weighted by Crippen LogP contribution is 2.16. The zero-order chi connectivity index (χ0) is 13.9. The molecule has 0 aliphatic rings. The average Bonchev–Trinajstić information content (AvgIpc) is 2.34. The van der Waals surface area contributed by atoms with Crippen LogP contribution in [0.25, 0.3) is 0 Å². The second kappa shape index (κ2) is 5.53. The molecule has 0 spiro atoms. The largest absolute Gasteiger partial charge is 0.265 e. The van der Waals surface area contributed by atoms with E-state index in [1.54, 1.807) is 24.5 Å². The van der Waals surface area contributed by atoms with E-state index >= 15 is 0 Å². The summed E-state index contributed by atoms with van der Waals surface area (Å²) in [4.78, 5) is 3.89. The maximum atomic E-state index is 12.2. The molecule has 0 aliphatic carbocycles. The molecular weight excluding hydrogens is 258 g/mol. The Labute approximate surface area is 114 Å². The first kappa shape index (κ1) is 13.7. The number of nitrogens with zero attached hydrogens (tertiary/aromatic N) is 1. The summed E-state index contributed by atoms with van der Waals surface area (Å²) >= 11 is 0. The fourth-order valence-corrected chi connectivity index (χ4v) is 3.56. The Hall–Kier alpha value is -1.68. The third-order valence-corrected chi connectivity index (χ3v) is 4.54. The Morgan fingerprint density at radius 3 is 2.37 bits per heavy atom. The molecule has 0 atom stereocenters. The summed E-state index contributed by atoms with van der Waals surface area (Å²) in [5, 5.41) is 0. The van der Waals surface area contributed by atoms with E-state index in [1.807, 2.05) is 32.0 Å². The van der Waals surface area contributed by atoms with Crippen molar-refractivity contribution in [3.8, 4) is 0 Å². The number of hydrogen-bond acceptors (Lipinski definition) is 3. The number of benzene rings is 1. The molecule has 4 heteroatoms. The van der Waals surface area contributed by atoms with E-state index in [9.17, 15) is 8.42 Å². The molecule has 0 unspecified atom stereocenters. The van der Waals surface area contributed by atoms with Gasteiger partial charge < -0.3 is 0 Å². The van der Waals surface area contributed by atoms with E-state index in [1.165, 1.54) is 0 Å². The van der Waals surface area contributed by atoms with E-state index in [0.717, 1.165) is 22.3 Å². The predicted molar refractivity (Wildman–Crippen MR) is 76.5 cm³/mol. The van der Waals surface area contributed by atoms with Gasteiger partial charge in [-0.15, -0.1) is 0 Å². The minimum absolute atomic E-state index is 0.0584. The molecule has 2 aromatic rings. The van der Waals surface area contributed by atoms with Crippen LogP contribution in [-0.2, 0) is 21.3 Å². The molecule has 19 heavy (non-hydrogen) atoms. The quantitative estimate of drug-likeness (QED) is 0.862. The minimum atomic E-state index is -3.15. The van der Waals surface area contributed by atoms with E-state index in [0.29, 0.717) is 0 Å². The number of hydrogen-bond donors (Lipinski definition) is 0. The van der Waals surface area contributed by atoms with Gasteiger partial charge in [0.15, 0.2) is 9.84 Å². The lowest BCUT2D eigenvalue weighted by Gasteiger charge is -2.08. The number of pyridine rings is 1. The second-order valence-electron chi connectivity index (χ2n) is 4.82. The highest BCUT2D eigenvalue weighted by molar-refractivity contribution is 7.89. The van der Waals surface area contributed by atoms with Crippen LogP contribution in [0.5, 0.6) is 0 Å². The average molecular weight is 275 g/mol. The highest BCUT2D eigenvalue weighted by Gasteiger charge is 2.14. The summed E-state index contributed by atoms with van der Waals surface area (Å²) in [6.07, 6.45) is 3.23. The van der Waals surface area contributed by atoms with Gasteiger partial charge in [-0.05, 0) is 42.7 Å². The van der Waals surface area contributed by atoms with E-state index in [-0.39, 0.29) is 11.5 Å². The molecule has 0 aliphatic heterocycles. The van der Waals surface area contributed by atoms with E-state index in [2.05, 4.69) is 4.98 Å². The van der Waals surface area contributed by atoms with Crippen molar-refractivity contribution in [3.05, 3.63) is 65.0 Å². The smallest absolute Gasteiger partial charge is 0.158 e. The van der Waals surface area contributed by atoms with Gasteiger partial charge in [-0.1, -0.05) is 23.8 Å². The molecule has 0 radical (unpaired) electrons. The van der Waals surface area contributed by atoms with Crippen LogP contribution in [0.15, 0.2) is 42.7 Å². The third-order valence-electron chi connectivity index (χ3n) is 3.02. The molecular formula is C15H17NO2S.